The summed E-state index contributed by atoms with van der Waals surface area (Å²) in [6.45, 7) is 3.74. The van der Waals surface area contributed by atoms with E-state index in [2.05, 4.69) is 36.5 Å². The summed E-state index contributed by atoms with van der Waals surface area (Å²) < 4.78 is 0. The second kappa shape index (κ2) is 8.56. The molecule has 4 nitrogen and oxygen atoms in total. The summed E-state index contributed by atoms with van der Waals surface area (Å²) in [4.78, 5) is 1.80. The van der Waals surface area contributed by atoms with Crippen LogP contribution >= 0.6 is 11.6 Å². The fourth-order valence-electron chi connectivity index (χ4n) is 7.35. The summed E-state index contributed by atoms with van der Waals surface area (Å²) in [6.07, 6.45) is 8.70. The zero-order valence-electron chi connectivity index (χ0n) is 19.4. The molecular formula is C28H33ClN4. The van der Waals surface area contributed by atoms with Gasteiger partial charge in [0.2, 0.25) is 0 Å². The number of hydrogen-bond donors (Lipinski definition) is 1. The van der Waals surface area contributed by atoms with Crippen LogP contribution in [0.2, 0.25) is 5.02 Å². The predicted octanol–water partition coefficient (Wildman–Crippen LogP) is 6.34. The first kappa shape index (κ1) is 21.4. The van der Waals surface area contributed by atoms with Crippen molar-refractivity contribution < 1.29 is 0 Å². The van der Waals surface area contributed by atoms with E-state index >= 15 is 0 Å². The molecule has 0 aliphatic heterocycles. The second-order valence-corrected chi connectivity index (χ2v) is 11.3. The van der Waals surface area contributed by atoms with Gasteiger partial charge in [-0.2, -0.15) is 15.0 Å². The fourth-order valence-corrected chi connectivity index (χ4v) is 7.54. The van der Waals surface area contributed by atoms with Gasteiger partial charge in [0, 0.05) is 23.2 Å². The van der Waals surface area contributed by atoms with Gasteiger partial charge in [0.15, 0.2) is 0 Å². The van der Waals surface area contributed by atoms with Crippen LogP contribution in [-0.4, -0.2) is 21.0 Å². The van der Waals surface area contributed by atoms with Gasteiger partial charge >= 0.3 is 0 Å². The Hall–Kier alpha value is -2.17. The zero-order chi connectivity index (χ0) is 22.4. The van der Waals surface area contributed by atoms with Crippen molar-refractivity contribution in [2.24, 2.45) is 23.2 Å². The van der Waals surface area contributed by atoms with Crippen LogP contribution in [0.25, 0.3) is 11.3 Å². The molecule has 5 heteroatoms. The minimum absolute atomic E-state index is 0.481. The van der Waals surface area contributed by atoms with Crippen LogP contribution in [0.4, 0.5) is 0 Å². The van der Waals surface area contributed by atoms with Crippen molar-refractivity contribution in [1.29, 1.82) is 0 Å². The molecule has 3 aromatic rings. The monoisotopic (exact) mass is 460 g/mol. The summed E-state index contributed by atoms with van der Waals surface area (Å²) in [5, 5.41) is 14.5. The largest absolute Gasteiger partial charge is 0.308 e. The average Bonchev–Trinajstić information content (AvgIpc) is 3.21. The van der Waals surface area contributed by atoms with Gasteiger partial charge in [0.05, 0.1) is 6.54 Å². The van der Waals surface area contributed by atoms with Gasteiger partial charge in [-0.25, -0.2) is 0 Å². The number of hydrogen-bond acceptors (Lipinski definition) is 3. The Morgan fingerprint density at radius 3 is 2.24 bits per heavy atom. The highest BCUT2D eigenvalue weighted by Crippen LogP contribution is 2.61. The summed E-state index contributed by atoms with van der Waals surface area (Å²) in [5.74, 6) is 2.91. The van der Waals surface area contributed by atoms with E-state index in [0.29, 0.717) is 18.0 Å². The molecule has 1 atom stereocenters. The number of nitrogens with one attached hydrogen (secondary N) is 1. The molecule has 0 radical (unpaired) electrons. The van der Waals surface area contributed by atoms with Crippen molar-refractivity contribution in [2.45, 2.75) is 64.6 Å². The van der Waals surface area contributed by atoms with Gasteiger partial charge in [-0.1, -0.05) is 60.1 Å². The van der Waals surface area contributed by atoms with E-state index in [1.54, 1.807) is 4.80 Å². The molecule has 33 heavy (non-hydrogen) atoms. The molecule has 4 aliphatic rings. The molecule has 0 spiro atoms. The van der Waals surface area contributed by atoms with Crippen molar-refractivity contribution in [3.8, 4) is 11.3 Å². The van der Waals surface area contributed by atoms with Gasteiger partial charge in [-0.3, -0.25) is 0 Å². The summed E-state index contributed by atoms with van der Waals surface area (Å²) in [6, 6.07) is 18.9. The van der Waals surface area contributed by atoms with Crippen molar-refractivity contribution in [3.05, 3.63) is 70.9 Å². The molecule has 0 amide bonds. The van der Waals surface area contributed by atoms with Crippen LogP contribution in [0.3, 0.4) is 0 Å². The molecule has 4 saturated carbocycles. The molecule has 4 fully saturated rings. The Kier molecular flexibility index (Phi) is 5.54. The summed E-state index contributed by atoms with van der Waals surface area (Å²) in [5.41, 5.74) is 4.62. The lowest BCUT2D eigenvalue weighted by atomic mass is 9.48. The lowest BCUT2D eigenvalue weighted by Gasteiger charge is -2.59. The quantitative estimate of drug-likeness (QED) is 0.447. The van der Waals surface area contributed by atoms with Crippen LogP contribution in [0.1, 0.15) is 56.7 Å². The number of aromatic nitrogens is 3. The van der Waals surface area contributed by atoms with Gasteiger partial charge in [-0.15, -0.1) is 0 Å². The van der Waals surface area contributed by atoms with Crippen molar-refractivity contribution >= 4 is 11.6 Å². The number of rotatable bonds is 7. The van der Waals surface area contributed by atoms with Crippen LogP contribution in [0, 0.1) is 23.2 Å². The minimum atomic E-state index is 0.481. The van der Waals surface area contributed by atoms with Crippen molar-refractivity contribution in [3.63, 3.8) is 0 Å². The van der Waals surface area contributed by atoms with Crippen LogP contribution in [0.5, 0.6) is 0 Å². The van der Waals surface area contributed by atoms with Crippen LogP contribution in [0.15, 0.2) is 54.6 Å². The molecule has 1 aromatic heterocycles. The maximum atomic E-state index is 6.41. The maximum Gasteiger partial charge on any atom is 0.117 e. The normalized spacial score (nSPS) is 28.8. The van der Waals surface area contributed by atoms with Crippen molar-refractivity contribution in [2.75, 3.05) is 0 Å². The van der Waals surface area contributed by atoms with Crippen molar-refractivity contribution in [1.82, 2.24) is 20.3 Å². The molecule has 4 bridgehead atoms. The smallest absolute Gasteiger partial charge is 0.117 e. The summed E-state index contributed by atoms with van der Waals surface area (Å²) in [7, 11) is 0. The molecule has 0 saturated heterocycles. The van der Waals surface area contributed by atoms with Gasteiger partial charge < -0.3 is 5.32 Å². The lowest BCUT2D eigenvalue weighted by molar-refractivity contribution is -0.0707. The third-order valence-corrected chi connectivity index (χ3v) is 8.99. The Bertz CT molecular complexity index is 1090. The highest BCUT2D eigenvalue weighted by molar-refractivity contribution is 6.31. The highest BCUT2D eigenvalue weighted by Gasteiger charge is 2.52. The predicted molar refractivity (Wildman–Crippen MR) is 133 cm³/mol. The Balaban J connectivity index is 1.24. The number of nitrogens with zero attached hydrogens (tertiary/aromatic N) is 3. The minimum Gasteiger partial charge on any atom is -0.308 e. The first-order valence-electron chi connectivity index (χ1n) is 12.5. The zero-order valence-corrected chi connectivity index (χ0v) is 20.1. The van der Waals surface area contributed by atoms with E-state index in [9.17, 15) is 0 Å². The van der Waals surface area contributed by atoms with Gasteiger partial charge in [-0.05, 0) is 80.2 Å². The molecule has 4 aliphatic carbocycles. The standard InChI is InChI=1S/C28H33ClN4/c1-19(28-14-20-11-21(15-28)13-22(12-20)16-28)30-17-26-27(23-7-3-2-4-8-23)32-33(31-26)18-24-9-5-6-10-25(24)29/h2-10,19-22,30H,11-18H2,1H3/t19-,20?,21?,22?,28?/m0/s1. The molecule has 0 unspecified atom stereocenters. The SMILES string of the molecule is C[C@H](NCc1nn(Cc2ccccc2Cl)nc1-c1ccccc1)C12CC3CC(CC(C3)C1)C2. The fraction of sp³-hybridized carbons (Fsp3) is 0.500. The molecule has 172 valence electrons. The highest BCUT2D eigenvalue weighted by atomic mass is 35.5. The Labute approximate surface area is 201 Å². The number of halogens is 1. The molecular weight excluding hydrogens is 428 g/mol. The molecule has 1 N–H and O–H groups in total. The van der Waals surface area contributed by atoms with Crippen LogP contribution in [-0.2, 0) is 13.1 Å². The van der Waals surface area contributed by atoms with Gasteiger partial charge in [0.25, 0.3) is 0 Å². The summed E-state index contributed by atoms with van der Waals surface area (Å²) >= 11 is 6.41. The van der Waals surface area contributed by atoms with E-state index in [1.807, 2.05) is 30.3 Å². The van der Waals surface area contributed by atoms with E-state index in [4.69, 9.17) is 21.8 Å². The maximum absolute atomic E-state index is 6.41. The third-order valence-electron chi connectivity index (χ3n) is 8.62. The number of benzene rings is 2. The first-order valence-corrected chi connectivity index (χ1v) is 12.9. The lowest BCUT2D eigenvalue weighted by Crippen LogP contribution is -2.54. The molecule has 2 aromatic carbocycles. The van der Waals surface area contributed by atoms with E-state index in [0.717, 1.165) is 51.8 Å². The van der Waals surface area contributed by atoms with E-state index in [1.165, 1.54) is 38.5 Å². The third kappa shape index (κ3) is 4.13. The average molecular weight is 461 g/mol. The van der Waals surface area contributed by atoms with Crippen LogP contribution < -0.4 is 5.32 Å². The Morgan fingerprint density at radius 2 is 1.58 bits per heavy atom. The van der Waals surface area contributed by atoms with E-state index < -0.39 is 0 Å². The molecule has 7 rings (SSSR count). The Morgan fingerprint density at radius 1 is 0.939 bits per heavy atom. The topological polar surface area (TPSA) is 42.7 Å². The molecule has 1 heterocycles. The van der Waals surface area contributed by atoms with Gasteiger partial charge in [0.1, 0.15) is 11.4 Å². The van der Waals surface area contributed by atoms with E-state index in [-0.39, 0.29) is 0 Å². The second-order valence-electron chi connectivity index (χ2n) is 10.9. The first-order chi connectivity index (χ1) is 16.1.